The number of carbonyl (C=O) groups excluding carboxylic acids is 1. The molecule has 6 heteroatoms. The first-order valence-electron chi connectivity index (χ1n) is 5.23. The van der Waals surface area contributed by atoms with E-state index in [1.165, 1.54) is 12.1 Å². The summed E-state index contributed by atoms with van der Waals surface area (Å²) in [6.45, 7) is 1.95. The molecule has 0 aliphatic heterocycles. The number of rotatable bonds is 6. The molecule has 0 saturated heterocycles. The third-order valence-electron chi connectivity index (χ3n) is 2.23. The van der Waals surface area contributed by atoms with Gasteiger partial charge in [0.15, 0.2) is 5.75 Å². The summed E-state index contributed by atoms with van der Waals surface area (Å²) in [6, 6.07) is 4.77. The molecule has 0 radical (unpaired) electrons. The summed E-state index contributed by atoms with van der Waals surface area (Å²) in [5.41, 5.74) is 5.72. The number of nitrogens with two attached hydrogens (primary N) is 1. The number of hydrogen-bond donors (Lipinski definition) is 1. The zero-order valence-corrected chi connectivity index (χ0v) is 9.51. The smallest absolute Gasteiger partial charge is 0.311 e. The van der Waals surface area contributed by atoms with Crippen molar-refractivity contribution in [3.63, 3.8) is 0 Å². The Morgan fingerprint density at radius 1 is 1.53 bits per heavy atom. The number of benzene rings is 1. The Labute approximate surface area is 98.5 Å². The van der Waals surface area contributed by atoms with Crippen LogP contribution in [-0.4, -0.2) is 17.4 Å². The number of ether oxygens (including phenoxy) is 1. The fourth-order valence-electron chi connectivity index (χ4n) is 1.31. The predicted molar refractivity (Wildman–Crippen MR) is 61.8 cm³/mol. The van der Waals surface area contributed by atoms with Crippen LogP contribution in [0.3, 0.4) is 0 Å². The minimum atomic E-state index is -0.502. The van der Waals surface area contributed by atoms with Crippen molar-refractivity contribution >= 4 is 11.6 Å². The molecule has 1 amide bonds. The van der Waals surface area contributed by atoms with Gasteiger partial charge in [-0.2, -0.15) is 0 Å². The van der Waals surface area contributed by atoms with Crippen LogP contribution in [0.5, 0.6) is 5.75 Å². The molecule has 2 N–H and O–H groups in total. The maximum absolute atomic E-state index is 10.8. The quantitative estimate of drug-likeness (QED) is 0.598. The van der Waals surface area contributed by atoms with Crippen molar-refractivity contribution in [1.29, 1.82) is 0 Å². The molecule has 0 aliphatic rings. The van der Waals surface area contributed by atoms with Crippen LogP contribution in [0, 0.1) is 10.1 Å². The molecule has 0 spiro atoms. The van der Waals surface area contributed by atoms with Crippen molar-refractivity contribution in [1.82, 2.24) is 0 Å². The van der Waals surface area contributed by atoms with Gasteiger partial charge in [-0.15, -0.1) is 0 Å². The van der Waals surface area contributed by atoms with Gasteiger partial charge in [-0.1, -0.05) is 13.0 Å². The van der Waals surface area contributed by atoms with Gasteiger partial charge in [-0.25, -0.2) is 0 Å². The Balaban J connectivity index is 2.83. The van der Waals surface area contributed by atoms with Gasteiger partial charge in [0.25, 0.3) is 0 Å². The largest absolute Gasteiger partial charge is 0.486 e. The summed E-state index contributed by atoms with van der Waals surface area (Å²) in [5.74, 6) is -0.341. The molecule has 0 aromatic heterocycles. The van der Waals surface area contributed by atoms with E-state index < -0.39 is 10.8 Å². The van der Waals surface area contributed by atoms with Gasteiger partial charge >= 0.3 is 5.69 Å². The summed E-state index contributed by atoms with van der Waals surface area (Å²) in [6.07, 6.45) is 0.745. The van der Waals surface area contributed by atoms with E-state index in [2.05, 4.69) is 0 Å². The normalized spacial score (nSPS) is 9.94. The van der Waals surface area contributed by atoms with Crippen molar-refractivity contribution in [3.8, 4) is 5.75 Å². The second kappa shape index (κ2) is 5.83. The van der Waals surface area contributed by atoms with Gasteiger partial charge in [0, 0.05) is 6.07 Å². The van der Waals surface area contributed by atoms with Crippen molar-refractivity contribution in [3.05, 3.63) is 33.9 Å². The number of carbonyl (C=O) groups is 1. The molecule has 6 nitrogen and oxygen atoms in total. The number of aryl methyl sites for hydroxylation is 1. The summed E-state index contributed by atoms with van der Waals surface area (Å²) >= 11 is 0. The minimum Gasteiger partial charge on any atom is -0.486 e. The molecule has 0 fully saturated rings. The van der Waals surface area contributed by atoms with Gasteiger partial charge in [0.2, 0.25) is 5.91 Å². The highest BCUT2D eigenvalue weighted by Gasteiger charge is 2.15. The Kier molecular flexibility index (Phi) is 4.45. The fourth-order valence-corrected chi connectivity index (χ4v) is 1.31. The van der Waals surface area contributed by atoms with E-state index in [1.54, 1.807) is 6.07 Å². The van der Waals surface area contributed by atoms with Crippen molar-refractivity contribution < 1.29 is 14.5 Å². The second-order valence-electron chi connectivity index (χ2n) is 3.48. The summed E-state index contributed by atoms with van der Waals surface area (Å²) in [5, 5.41) is 10.8. The molecule has 0 heterocycles. The van der Waals surface area contributed by atoms with Crippen molar-refractivity contribution in [2.45, 2.75) is 19.8 Å². The molecule has 17 heavy (non-hydrogen) atoms. The lowest BCUT2D eigenvalue weighted by Crippen LogP contribution is -2.14. The molecule has 1 aromatic rings. The zero-order valence-electron chi connectivity index (χ0n) is 9.51. The molecule has 1 rings (SSSR count). The van der Waals surface area contributed by atoms with Gasteiger partial charge in [0.1, 0.15) is 0 Å². The van der Waals surface area contributed by atoms with Crippen LogP contribution in [0.25, 0.3) is 0 Å². The third kappa shape index (κ3) is 3.75. The number of primary amides is 1. The van der Waals surface area contributed by atoms with Crippen LogP contribution in [0.2, 0.25) is 0 Å². The van der Waals surface area contributed by atoms with Crippen LogP contribution >= 0.6 is 0 Å². The van der Waals surface area contributed by atoms with E-state index in [0.29, 0.717) is 6.42 Å². The number of nitrogens with zero attached hydrogens (tertiary/aromatic N) is 1. The SMILES string of the molecule is CCc1ccc(OCCC(N)=O)c([N+](=O)[O-])c1. The Hall–Kier alpha value is -2.11. The van der Waals surface area contributed by atoms with E-state index >= 15 is 0 Å². The standard InChI is InChI=1S/C11H14N2O4/c1-2-8-3-4-10(9(7-8)13(15)16)17-6-5-11(12)14/h3-4,7H,2,5-6H2,1H3,(H2,12,14). The van der Waals surface area contributed by atoms with Crippen LogP contribution in [0.4, 0.5) is 5.69 Å². The van der Waals surface area contributed by atoms with Crippen molar-refractivity contribution in [2.75, 3.05) is 6.61 Å². The van der Waals surface area contributed by atoms with E-state index in [-0.39, 0.29) is 24.5 Å². The minimum absolute atomic E-state index is 0.0344. The fraction of sp³-hybridized carbons (Fsp3) is 0.364. The van der Waals surface area contributed by atoms with Gasteiger partial charge in [-0.3, -0.25) is 14.9 Å². The van der Waals surface area contributed by atoms with Gasteiger partial charge < -0.3 is 10.5 Å². The molecule has 0 saturated carbocycles. The van der Waals surface area contributed by atoms with Crippen LogP contribution in [0.15, 0.2) is 18.2 Å². The third-order valence-corrected chi connectivity index (χ3v) is 2.23. The highest BCUT2D eigenvalue weighted by Crippen LogP contribution is 2.28. The molecular formula is C11H14N2O4. The number of hydrogen-bond acceptors (Lipinski definition) is 4. The van der Waals surface area contributed by atoms with E-state index in [4.69, 9.17) is 10.5 Å². The average Bonchev–Trinajstić information content (AvgIpc) is 2.28. The molecule has 1 aromatic carbocycles. The summed E-state index contributed by atoms with van der Waals surface area (Å²) < 4.78 is 5.17. The second-order valence-corrected chi connectivity index (χ2v) is 3.48. The lowest BCUT2D eigenvalue weighted by atomic mass is 10.1. The summed E-state index contributed by atoms with van der Waals surface area (Å²) in [4.78, 5) is 20.8. The first-order valence-corrected chi connectivity index (χ1v) is 5.23. The number of amides is 1. The molecule has 0 bridgehead atoms. The predicted octanol–water partition coefficient (Wildman–Crippen LogP) is 1.41. The molecule has 92 valence electrons. The highest BCUT2D eigenvalue weighted by molar-refractivity contribution is 5.73. The first kappa shape index (κ1) is 13.0. The topological polar surface area (TPSA) is 95.5 Å². The molecule has 0 atom stereocenters. The first-order chi connectivity index (χ1) is 8.04. The van der Waals surface area contributed by atoms with Gasteiger partial charge in [-0.05, 0) is 18.1 Å². The maximum atomic E-state index is 10.8. The maximum Gasteiger partial charge on any atom is 0.311 e. The van der Waals surface area contributed by atoms with Crippen LogP contribution in [0.1, 0.15) is 18.9 Å². The Bertz CT molecular complexity index is 431. The van der Waals surface area contributed by atoms with Gasteiger partial charge in [0.05, 0.1) is 18.0 Å². The molecular weight excluding hydrogens is 224 g/mol. The highest BCUT2D eigenvalue weighted by atomic mass is 16.6. The number of nitro benzene ring substituents is 1. The Morgan fingerprint density at radius 3 is 2.76 bits per heavy atom. The zero-order chi connectivity index (χ0) is 12.8. The average molecular weight is 238 g/mol. The molecule has 0 aliphatic carbocycles. The van der Waals surface area contributed by atoms with E-state index in [1.807, 2.05) is 6.92 Å². The number of nitro groups is 1. The van der Waals surface area contributed by atoms with Crippen LogP contribution < -0.4 is 10.5 Å². The van der Waals surface area contributed by atoms with Crippen molar-refractivity contribution in [2.24, 2.45) is 5.73 Å². The Morgan fingerprint density at radius 2 is 2.24 bits per heavy atom. The lowest BCUT2D eigenvalue weighted by Gasteiger charge is -2.06. The van der Waals surface area contributed by atoms with E-state index in [0.717, 1.165) is 5.56 Å². The van der Waals surface area contributed by atoms with E-state index in [9.17, 15) is 14.9 Å². The summed E-state index contributed by atoms with van der Waals surface area (Å²) in [7, 11) is 0. The monoisotopic (exact) mass is 238 g/mol. The molecule has 0 unspecified atom stereocenters. The van der Waals surface area contributed by atoms with Crippen LogP contribution in [-0.2, 0) is 11.2 Å². The lowest BCUT2D eigenvalue weighted by molar-refractivity contribution is -0.385.